The van der Waals surface area contributed by atoms with Gasteiger partial charge in [-0.3, -0.25) is 0 Å². The van der Waals surface area contributed by atoms with E-state index in [1.54, 1.807) is 13.0 Å². The minimum Gasteiger partial charge on any atom is -0.373 e. The second kappa shape index (κ2) is 6.30. The molecule has 1 unspecified atom stereocenters. The van der Waals surface area contributed by atoms with Crippen molar-refractivity contribution in [1.29, 1.82) is 0 Å². The fraction of sp³-hybridized carbons (Fsp3) is 0.600. The van der Waals surface area contributed by atoms with E-state index in [1.165, 1.54) is 6.07 Å². The Morgan fingerprint density at radius 3 is 2.33 bits per heavy atom. The number of hydrogen-bond donors (Lipinski definition) is 1. The highest BCUT2D eigenvalue weighted by Crippen LogP contribution is 2.34. The third-order valence-corrected chi connectivity index (χ3v) is 3.74. The van der Waals surface area contributed by atoms with E-state index in [2.05, 4.69) is 13.8 Å². The molecule has 0 aliphatic rings. The van der Waals surface area contributed by atoms with Crippen LogP contribution >= 0.6 is 0 Å². The Morgan fingerprint density at radius 1 is 1.28 bits per heavy atom. The van der Waals surface area contributed by atoms with E-state index in [1.807, 2.05) is 13.0 Å². The van der Waals surface area contributed by atoms with Gasteiger partial charge in [0.05, 0.1) is 11.6 Å². The highest BCUT2D eigenvalue weighted by molar-refractivity contribution is 5.28. The maximum atomic E-state index is 13.3. The first-order chi connectivity index (χ1) is 8.50. The van der Waals surface area contributed by atoms with Crippen LogP contribution in [-0.2, 0) is 4.74 Å². The molecule has 102 valence electrons. The quantitative estimate of drug-likeness (QED) is 0.838. The van der Waals surface area contributed by atoms with Crippen molar-refractivity contribution in [1.82, 2.24) is 0 Å². The number of nitrogens with two attached hydrogens (primary N) is 1. The van der Waals surface area contributed by atoms with Gasteiger partial charge in [0.1, 0.15) is 5.82 Å². The normalized spacial score (nSPS) is 13.7. The van der Waals surface area contributed by atoms with Gasteiger partial charge in [-0.1, -0.05) is 26.0 Å². The second-order valence-electron chi connectivity index (χ2n) is 4.69. The van der Waals surface area contributed by atoms with E-state index in [9.17, 15) is 4.39 Å². The standard InChI is InChI=1S/C15H24FNO/c1-5-15(6-2,18-7-3)14(17)12-8-9-13(16)11(4)10-12/h8-10,14H,5-7,17H2,1-4H3. The summed E-state index contributed by atoms with van der Waals surface area (Å²) in [5, 5.41) is 0. The van der Waals surface area contributed by atoms with E-state index >= 15 is 0 Å². The summed E-state index contributed by atoms with van der Waals surface area (Å²) in [4.78, 5) is 0. The molecule has 1 aromatic carbocycles. The van der Waals surface area contributed by atoms with Crippen molar-refractivity contribution >= 4 is 0 Å². The highest BCUT2D eigenvalue weighted by Gasteiger charge is 2.35. The number of ether oxygens (including phenoxy) is 1. The van der Waals surface area contributed by atoms with Gasteiger partial charge < -0.3 is 10.5 Å². The topological polar surface area (TPSA) is 35.2 Å². The van der Waals surface area contributed by atoms with Crippen molar-refractivity contribution in [2.24, 2.45) is 5.73 Å². The van der Waals surface area contributed by atoms with Crippen LogP contribution in [0.2, 0.25) is 0 Å². The van der Waals surface area contributed by atoms with Crippen molar-refractivity contribution in [3.05, 3.63) is 35.1 Å². The Bertz CT molecular complexity index is 388. The molecule has 0 saturated carbocycles. The van der Waals surface area contributed by atoms with Crippen LogP contribution in [0.3, 0.4) is 0 Å². The molecule has 0 aliphatic carbocycles. The minimum absolute atomic E-state index is 0.194. The number of benzene rings is 1. The van der Waals surface area contributed by atoms with E-state index in [4.69, 9.17) is 10.5 Å². The molecule has 0 spiro atoms. The van der Waals surface area contributed by atoms with E-state index < -0.39 is 0 Å². The Morgan fingerprint density at radius 2 is 1.89 bits per heavy atom. The average Bonchev–Trinajstić information content (AvgIpc) is 2.38. The maximum absolute atomic E-state index is 13.3. The van der Waals surface area contributed by atoms with Gasteiger partial charge in [-0.25, -0.2) is 4.39 Å². The monoisotopic (exact) mass is 253 g/mol. The lowest BCUT2D eigenvalue weighted by Crippen LogP contribution is -2.43. The Labute approximate surface area is 109 Å². The zero-order valence-corrected chi connectivity index (χ0v) is 11.8. The summed E-state index contributed by atoms with van der Waals surface area (Å²) < 4.78 is 19.2. The molecule has 0 saturated heterocycles. The first-order valence-corrected chi connectivity index (χ1v) is 6.66. The number of aryl methyl sites for hydroxylation is 1. The zero-order chi connectivity index (χ0) is 13.8. The predicted octanol–water partition coefficient (Wildman–Crippen LogP) is 3.73. The van der Waals surface area contributed by atoms with Gasteiger partial charge in [-0.05, 0) is 43.9 Å². The van der Waals surface area contributed by atoms with Crippen LogP contribution in [0.4, 0.5) is 4.39 Å². The van der Waals surface area contributed by atoms with Crippen molar-refractivity contribution < 1.29 is 9.13 Å². The molecule has 0 aromatic heterocycles. The average molecular weight is 253 g/mol. The van der Waals surface area contributed by atoms with Gasteiger partial charge in [-0.15, -0.1) is 0 Å². The van der Waals surface area contributed by atoms with Gasteiger partial charge in [0.2, 0.25) is 0 Å². The summed E-state index contributed by atoms with van der Waals surface area (Å²) in [7, 11) is 0. The Kier molecular flexibility index (Phi) is 5.29. The van der Waals surface area contributed by atoms with E-state index in [-0.39, 0.29) is 17.5 Å². The predicted molar refractivity (Wildman–Crippen MR) is 73.0 cm³/mol. The third kappa shape index (κ3) is 2.90. The molecule has 18 heavy (non-hydrogen) atoms. The van der Waals surface area contributed by atoms with E-state index in [0.717, 1.165) is 18.4 Å². The van der Waals surface area contributed by atoms with Gasteiger partial charge in [0.15, 0.2) is 0 Å². The lowest BCUT2D eigenvalue weighted by Gasteiger charge is -2.37. The fourth-order valence-electron chi connectivity index (χ4n) is 2.44. The molecule has 1 rings (SSSR count). The number of halogens is 1. The summed E-state index contributed by atoms with van der Waals surface area (Å²) in [5.41, 5.74) is 7.55. The molecule has 0 bridgehead atoms. The molecule has 2 N–H and O–H groups in total. The molecule has 0 amide bonds. The molecule has 0 radical (unpaired) electrons. The molecule has 0 fully saturated rings. The molecular weight excluding hydrogens is 229 g/mol. The molecule has 2 nitrogen and oxygen atoms in total. The van der Waals surface area contributed by atoms with Crippen LogP contribution in [0, 0.1) is 12.7 Å². The first-order valence-electron chi connectivity index (χ1n) is 6.66. The van der Waals surface area contributed by atoms with Gasteiger partial charge in [-0.2, -0.15) is 0 Å². The van der Waals surface area contributed by atoms with Crippen LogP contribution in [0.5, 0.6) is 0 Å². The highest BCUT2D eigenvalue weighted by atomic mass is 19.1. The largest absolute Gasteiger partial charge is 0.373 e. The van der Waals surface area contributed by atoms with Crippen LogP contribution in [0.25, 0.3) is 0 Å². The summed E-state index contributed by atoms with van der Waals surface area (Å²) in [6, 6.07) is 4.82. The molecule has 0 heterocycles. The van der Waals surface area contributed by atoms with Crippen molar-refractivity contribution in [3.8, 4) is 0 Å². The zero-order valence-electron chi connectivity index (χ0n) is 11.8. The first kappa shape index (κ1) is 15.1. The van der Waals surface area contributed by atoms with Gasteiger partial charge >= 0.3 is 0 Å². The minimum atomic E-state index is -0.362. The van der Waals surface area contributed by atoms with Crippen LogP contribution < -0.4 is 5.73 Å². The molecular formula is C15H24FNO. The molecule has 1 aromatic rings. The smallest absolute Gasteiger partial charge is 0.126 e. The Hall–Kier alpha value is -0.930. The molecule has 3 heteroatoms. The molecule has 0 aliphatic heterocycles. The van der Waals surface area contributed by atoms with Gasteiger partial charge in [0, 0.05) is 6.61 Å². The Balaban J connectivity index is 3.08. The number of hydrogen-bond acceptors (Lipinski definition) is 2. The lowest BCUT2D eigenvalue weighted by atomic mass is 9.84. The third-order valence-electron chi connectivity index (χ3n) is 3.74. The molecule has 1 atom stereocenters. The van der Waals surface area contributed by atoms with Gasteiger partial charge in [0.25, 0.3) is 0 Å². The van der Waals surface area contributed by atoms with Crippen LogP contribution in [-0.4, -0.2) is 12.2 Å². The summed E-state index contributed by atoms with van der Waals surface area (Å²) in [6.07, 6.45) is 1.68. The number of rotatable bonds is 6. The van der Waals surface area contributed by atoms with Crippen LogP contribution in [0.1, 0.15) is 50.8 Å². The lowest BCUT2D eigenvalue weighted by molar-refractivity contribution is -0.0646. The van der Waals surface area contributed by atoms with Crippen molar-refractivity contribution in [2.45, 2.75) is 52.2 Å². The maximum Gasteiger partial charge on any atom is 0.126 e. The summed E-state index contributed by atoms with van der Waals surface area (Å²) in [6.45, 7) is 8.52. The van der Waals surface area contributed by atoms with E-state index in [0.29, 0.717) is 12.2 Å². The summed E-state index contributed by atoms with van der Waals surface area (Å²) in [5.74, 6) is -0.194. The summed E-state index contributed by atoms with van der Waals surface area (Å²) >= 11 is 0. The fourth-order valence-corrected chi connectivity index (χ4v) is 2.44. The SMILES string of the molecule is CCOC(CC)(CC)C(N)c1ccc(F)c(C)c1. The van der Waals surface area contributed by atoms with Crippen molar-refractivity contribution in [3.63, 3.8) is 0 Å². The second-order valence-corrected chi connectivity index (χ2v) is 4.69. The van der Waals surface area contributed by atoms with Crippen molar-refractivity contribution in [2.75, 3.05) is 6.61 Å². The van der Waals surface area contributed by atoms with Crippen LogP contribution in [0.15, 0.2) is 18.2 Å².